The van der Waals surface area contributed by atoms with Crippen LogP contribution in [-0.4, -0.2) is 16.8 Å². The fourth-order valence-corrected chi connectivity index (χ4v) is 1.84. The first-order chi connectivity index (χ1) is 10.7. The minimum atomic E-state index is -0.449. The molecule has 0 aliphatic heterocycles. The van der Waals surface area contributed by atoms with Gasteiger partial charge in [-0.15, -0.1) is 0 Å². The van der Waals surface area contributed by atoms with Crippen LogP contribution >= 0.6 is 0 Å². The average molecular weight is 294 g/mol. The highest BCUT2D eigenvalue weighted by Crippen LogP contribution is 2.15. The lowest BCUT2D eigenvalue weighted by atomic mass is 10.1. The van der Waals surface area contributed by atoms with Crippen LogP contribution in [0.3, 0.4) is 0 Å². The number of nitrogens with zero attached hydrogens (tertiary/aromatic N) is 2. The lowest BCUT2D eigenvalue weighted by molar-refractivity contribution is -0.115. The molecule has 2 aromatic rings. The van der Waals surface area contributed by atoms with Crippen molar-refractivity contribution < 1.29 is 9.59 Å². The number of pyridine rings is 1. The lowest BCUT2D eigenvalue weighted by Crippen LogP contribution is -2.24. The monoisotopic (exact) mass is 294 g/mol. The molecule has 2 rings (SSSR count). The molecular weight excluding hydrogens is 280 g/mol. The normalized spacial score (nSPS) is 9.59. The van der Waals surface area contributed by atoms with Gasteiger partial charge in [0.2, 0.25) is 5.91 Å². The molecule has 0 atom stereocenters. The number of nitrogens with one attached hydrogen (secondary N) is 2. The number of rotatable bonds is 5. The Morgan fingerprint density at radius 3 is 2.73 bits per heavy atom. The van der Waals surface area contributed by atoms with E-state index in [0.717, 1.165) is 5.56 Å². The van der Waals surface area contributed by atoms with Gasteiger partial charge >= 0.3 is 0 Å². The van der Waals surface area contributed by atoms with Crippen LogP contribution in [0.2, 0.25) is 0 Å². The molecule has 2 amide bonds. The Morgan fingerprint density at radius 2 is 2.00 bits per heavy atom. The summed E-state index contributed by atoms with van der Waals surface area (Å²) in [6, 6.07) is 12.1. The minimum absolute atomic E-state index is 0.258. The van der Waals surface area contributed by atoms with Crippen molar-refractivity contribution in [2.24, 2.45) is 0 Å². The summed E-state index contributed by atoms with van der Waals surface area (Å²) in [5.74, 6) is -0.758. The summed E-state index contributed by atoms with van der Waals surface area (Å²) in [4.78, 5) is 27.7. The lowest BCUT2D eigenvalue weighted by Gasteiger charge is -2.10. The van der Waals surface area contributed by atoms with Crippen molar-refractivity contribution in [3.05, 3.63) is 59.9 Å². The molecule has 0 unspecified atom stereocenters. The number of anilines is 1. The smallest absolute Gasteiger partial charge is 0.253 e. The average Bonchev–Trinajstić information content (AvgIpc) is 2.54. The van der Waals surface area contributed by atoms with Crippen molar-refractivity contribution in [2.45, 2.75) is 13.0 Å². The summed E-state index contributed by atoms with van der Waals surface area (Å²) in [5.41, 5.74) is 1.60. The fraction of sp³-hybridized carbons (Fsp3) is 0.125. The van der Waals surface area contributed by atoms with Crippen molar-refractivity contribution in [3.63, 3.8) is 0 Å². The molecule has 0 bridgehead atoms. The molecule has 0 fully saturated rings. The second-order valence-corrected chi connectivity index (χ2v) is 4.47. The zero-order valence-corrected chi connectivity index (χ0v) is 11.7. The highest BCUT2D eigenvalue weighted by Gasteiger charge is 2.12. The zero-order valence-electron chi connectivity index (χ0n) is 11.7. The molecule has 22 heavy (non-hydrogen) atoms. The van der Waals surface area contributed by atoms with Crippen LogP contribution in [0.1, 0.15) is 22.3 Å². The standard InChI is InChI=1S/C16H14N4O2/c17-8-7-15(21)20-14-6-2-1-5-13(14)16(22)19-11-12-4-3-9-18-10-12/h1-6,9-10H,7,11H2,(H,19,22)(H,20,21). The van der Waals surface area contributed by atoms with Gasteiger partial charge in [-0.1, -0.05) is 18.2 Å². The van der Waals surface area contributed by atoms with Gasteiger partial charge in [0.25, 0.3) is 5.91 Å². The molecule has 0 saturated heterocycles. The topological polar surface area (TPSA) is 94.9 Å². The van der Waals surface area contributed by atoms with E-state index in [0.29, 0.717) is 17.8 Å². The first-order valence-corrected chi connectivity index (χ1v) is 6.63. The maximum Gasteiger partial charge on any atom is 0.253 e. The summed E-state index contributed by atoms with van der Waals surface area (Å²) in [7, 11) is 0. The van der Waals surface area contributed by atoms with E-state index in [9.17, 15) is 9.59 Å². The van der Waals surface area contributed by atoms with Gasteiger partial charge in [-0.2, -0.15) is 5.26 Å². The van der Waals surface area contributed by atoms with Crippen molar-refractivity contribution >= 4 is 17.5 Å². The Bertz CT molecular complexity index is 708. The van der Waals surface area contributed by atoms with Gasteiger partial charge in [-0.3, -0.25) is 14.6 Å². The molecule has 1 aromatic heterocycles. The summed E-state index contributed by atoms with van der Waals surface area (Å²) in [5, 5.41) is 13.8. The van der Waals surface area contributed by atoms with E-state index in [1.807, 2.05) is 6.07 Å². The molecular formula is C16H14N4O2. The molecule has 6 heteroatoms. The van der Waals surface area contributed by atoms with E-state index >= 15 is 0 Å². The highest BCUT2D eigenvalue weighted by molar-refractivity contribution is 6.03. The van der Waals surface area contributed by atoms with E-state index in [4.69, 9.17) is 5.26 Å². The number of hydrogen-bond donors (Lipinski definition) is 2. The van der Waals surface area contributed by atoms with Crippen molar-refractivity contribution in [2.75, 3.05) is 5.32 Å². The SMILES string of the molecule is N#CCC(=O)Nc1ccccc1C(=O)NCc1cccnc1. The third kappa shape index (κ3) is 4.15. The van der Waals surface area contributed by atoms with Crippen LogP contribution < -0.4 is 10.6 Å². The predicted molar refractivity (Wildman–Crippen MR) is 80.7 cm³/mol. The first kappa shape index (κ1) is 15.2. The number of aromatic nitrogens is 1. The summed E-state index contributed by atoms with van der Waals surface area (Å²) < 4.78 is 0. The van der Waals surface area contributed by atoms with Gasteiger partial charge in [0, 0.05) is 18.9 Å². The van der Waals surface area contributed by atoms with Crippen LogP contribution in [0.4, 0.5) is 5.69 Å². The van der Waals surface area contributed by atoms with Gasteiger partial charge in [0.15, 0.2) is 0 Å². The van der Waals surface area contributed by atoms with Gasteiger partial charge in [0.05, 0.1) is 17.3 Å². The number of carbonyl (C=O) groups excluding carboxylic acids is 2. The van der Waals surface area contributed by atoms with E-state index in [1.54, 1.807) is 48.8 Å². The third-order valence-corrected chi connectivity index (χ3v) is 2.86. The molecule has 0 aliphatic rings. The number of amides is 2. The number of nitriles is 1. The Kier molecular flexibility index (Phi) is 5.21. The Morgan fingerprint density at radius 1 is 1.18 bits per heavy atom. The molecule has 2 N–H and O–H groups in total. The largest absolute Gasteiger partial charge is 0.348 e. The maximum absolute atomic E-state index is 12.2. The molecule has 0 aliphatic carbocycles. The highest BCUT2D eigenvalue weighted by atomic mass is 16.2. The zero-order chi connectivity index (χ0) is 15.8. The molecule has 6 nitrogen and oxygen atoms in total. The van der Waals surface area contributed by atoms with Gasteiger partial charge in [-0.05, 0) is 23.8 Å². The Labute approximate surface area is 127 Å². The Balaban J connectivity index is 2.06. The van der Waals surface area contributed by atoms with Crippen molar-refractivity contribution in [3.8, 4) is 6.07 Å². The van der Waals surface area contributed by atoms with Crippen LogP contribution in [0, 0.1) is 11.3 Å². The van der Waals surface area contributed by atoms with Gasteiger partial charge < -0.3 is 10.6 Å². The van der Waals surface area contributed by atoms with E-state index in [-0.39, 0.29) is 12.3 Å². The second kappa shape index (κ2) is 7.55. The number of carbonyl (C=O) groups is 2. The molecule has 0 radical (unpaired) electrons. The molecule has 0 spiro atoms. The minimum Gasteiger partial charge on any atom is -0.348 e. The number of hydrogen-bond acceptors (Lipinski definition) is 4. The summed E-state index contributed by atoms with van der Waals surface area (Å²) in [6.45, 7) is 0.340. The van der Waals surface area contributed by atoms with E-state index in [1.165, 1.54) is 0 Å². The quantitative estimate of drug-likeness (QED) is 0.880. The van der Waals surface area contributed by atoms with Gasteiger partial charge in [0.1, 0.15) is 6.42 Å². The van der Waals surface area contributed by atoms with Crippen LogP contribution in [0.5, 0.6) is 0 Å². The fourth-order valence-electron chi connectivity index (χ4n) is 1.84. The van der Waals surface area contributed by atoms with Crippen LogP contribution in [0.15, 0.2) is 48.8 Å². The number of para-hydroxylation sites is 1. The maximum atomic E-state index is 12.2. The van der Waals surface area contributed by atoms with Crippen LogP contribution in [0.25, 0.3) is 0 Å². The second-order valence-electron chi connectivity index (χ2n) is 4.47. The van der Waals surface area contributed by atoms with Crippen molar-refractivity contribution in [1.29, 1.82) is 5.26 Å². The van der Waals surface area contributed by atoms with E-state index < -0.39 is 5.91 Å². The molecule has 0 saturated carbocycles. The summed E-state index contributed by atoms with van der Waals surface area (Å²) >= 11 is 0. The summed E-state index contributed by atoms with van der Waals surface area (Å²) in [6.07, 6.45) is 3.07. The molecule has 110 valence electrons. The number of benzene rings is 1. The third-order valence-electron chi connectivity index (χ3n) is 2.86. The molecule has 1 aromatic carbocycles. The Hall–Kier alpha value is -3.20. The molecule has 1 heterocycles. The van der Waals surface area contributed by atoms with Gasteiger partial charge in [-0.25, -0.2) is 0 Å². The van der Waals surface area contributed by atoms with Crippen LogP contribution in [-0.2, 0) is 11.3 Å². The van der Waals surface area contributed by atoms with Crippen molar-refractivity contribution in [1.82, 2.24) is 10.3 Å². The predicted octanol–water partition coefficient (Wildman–Crippen LogP) is 1.86. The van der Waals surface area contributed by atoms with E-state index in [2.05, 4.69) is 15.6 Å². The first-order valence-electron chi connectivity index (χ1n) is 6.63.